The Labute approximate surface area is 96.9 Å². The average Bonchev–Trinajstić information content (AvgIpc) is 2.06. The fourth-order valence-corrected chi connectivity index (χ4v) is 1.39. The Morgan fingerprint density at radius 1 is 1.06 bits per heavy atom. The van der Waals surface area contributed by atoms with Crippen LogP contribution in [0, 0.1) is 6.92 Å². The van der Waals surface area contributed by atoms with E-state index >= 15 is 0 Å². The van der Waals surface area contributed by atoms with Crippen molar-refractivity contribution >= 4 is 11.6 Å². The zero-order valence-electron chi connectivity index (χ0n) is 8.21. The maximum Gasteiger partial charge on any atom is 0.573 e. The number of hydrogen-bond donors (Lipinski definition) is 0. The molecule has 0 radical (unpaired) electrons. The fraction of sp³-hybridized carbons (Fsp3) is 0.333. The minimum atomic E-state index is -5.07. The van der Waals surface area contributed by atoms with E-state index in [-0.39, 0.29) is 0 Å². The highest BCUT2D eigenvalue weighted by Gasteiger charge is 2.37. The molecule has 0 fully saturated rings. The van der Waals surface area contributed by atoms with Crippen LogP contribution in [0.3, 0.4) is 0 Å². The molecule has 0 N–H and O–H groups in total. The van der Waals surface area contributed by atoms with Gasteiger partial charge in [0.05, 0.1) is 5.56 Å². The predicted octanol–water partition coefficient (Wildman–Crippen LogP) is 4.57. The van der Waals surface area contributed by atoms with E-state index in [1.54, 1.807) is 0 Å². The van der Waals surface area contributed by atoms with Gasteiger partial charge in [-0.3, -0.25) is 0 Å². The molecule has 1 nitrogen and oxygen atoms in total. The van der Waals surface area contributed by atoms with E-state index in [2.05, 4.69) is 4.74 Å². The molecule has 0 saturated heterocycles. The van der Waals surface area contributed by atoms with E-state index in [1.165, 1.54) is 0 Å². The molecule has 0 aliphatic heterocycles. The second-order valence-electron chi connectivity index (χ2n) is 3.12. The van der Waals surface area contributed by atoms with E-state index in [1.807, 2.05) is 0 Å². The molecule has 0 amide bonds. The summed E-state index contributed by atoms with van der Waals surface area (Å²) in [5, 5.41) is -0.484. The van der Waals surface area contributed by atoms with Crippen molar-refractivity contribution in [1.82, 2.24) is 0 Å². The monoisotopic (exact) mass is 278 g/mol. The molecule has 17 heavy (non-hydrogen) atoms. The SMILES string of the molecule is Cc1c(OC(F)(F)F)cc(Cl)cc1C(F)(F)F. The summed E-state index contributed by atoms with van der Waals surface area (Å²) < 4.78 is 76.6. The van der Waals surface area contributed by atoms with Gasteiger partial charge in [0.25, 0.3) is 0 Å². The number of halogens is 7. The number of hydrogen-bond acceptors (Lipinski definition) is 1. The fourth-order valence-electron chi connectivity index (χ4n) is 1.18. The van der Waals surface area contributed by atoms with Crippen molar-refractivity contribution in [2.45, 2.75) is 19.5 Å². The van der Waals surface area contributed by atoms with Crippen LogP contribution in [0.15, 0.2) is 12.1 Å². The van der Waals surface area contributed by atoms with Gasteiger partial charge in [0, 0.05) is 10.6 Å². The molecule has 0 spiro atoms. The summed E-state index contributed by atoms with van der Waals surface area (Å²) >= 11 is 5.31. The lowest BCUT2D eigenvalue weighted by Crippen LogP contribution is -2.19. The lowest BCUT2D eigenvalue weighted by Gasteiger charge is -2.16. The first-order chi connectivity index (χ1) is 7.50. The first-order valence-electron chi connectivity index (χ1n) is 4.14. The molecule has 0 atom stereocenters. The molecule has 1 rings (SSSR count). The number of alkyl halides is 6. The third kappa shape index (κ3) is 3.69. The molecule has 0 unspecified atom stereocenters. The van der Waals surface area contributed by atoms with Crippen molar-refractivity contribution in [3.8, 4) is 5.75 Å². The van der Waals surface area contributed by atoms with Crippen LogP contribution in [-0.4, -0.2) is 6.36 Å². The van der Waals surface area contributed by atoms with Crippen molar-refractivity contribution in [2.24, 2.45) is 0 Å². The first kappa shape index (κ1) is 14.0. The first-order valence-corrected chi connectivity index (χ1v) is 4.51. The molecular formula is C9H5ClF6O. The standard InChI is InChI=1S/C9H5ClF6O/c1-4-6(8(11,12)13)2-5(10)3-7(4)17-9(14,15)16/h2-3H,1H3. The molecule has 0 aromatic heterocycles. The maximum atomic E-state index is 12.4. The summed E-state index contributed by atoms with van der Waals surface area (Å²) in [6.07, 6.45) is -9.86. The highest BCUT2D eigenvalue weighted by Crippen LogP contribution is 2.39. The highest BCUT2D eigenvalue weighted by atomic mass is 35.5. The van der Waals surface area contributed by atoms with E-state index in [0.717, 1.165) is 6.92 Å². The lowest BCUT2D eigenvalue weighted by molar-refractivity contribution is -0.275. The summed E-state index contributed by atoms with van der Waals surface area (Å²) in [5.74, 6) is -0.961. The summed E-state index contributed by atoms with van der Waals surface area (Å²) in [6.45, 7) is 0.875. The van der Waals surface area contributed by atoms with Gasteiger partial charge in [-0.25, -0.2) is 0 Å². The molecule has 0 aliphatic rings. The van der Waals surface area contributed by atoms with E-state index in [0.29, 0.717) is 12.1 Å². The molecule has 0 saturated carbocycles. The molecule has 0 bridgehead atoms. The molecule has 96 valence electrons. The van der Waals surface area contributed by atoms with Crippen LogP contribution < -0.4 is 4.74 Å². The van der Waals surface area contributed by atoms with Crippen LogP contribution in [0.2, 0.25) is 5.02 Å². The second-order valence-corrected chi connectivity index (χ2v) is 3.56. The second kappa shape index (κ2) is 4.29. The average molecular weight is 279 g/mol. The Morgan fingerprint density at radius 3 is 2.00 bits per heavy atom. The maximum absolute atomic E-state index is 12.4. The van der Waals surface area contributed by atoms with Gasteiger partial charge in [0.15, 0.2) is 0 Å². The smallest absolute Gasteiger partial charge is 0.405 e. The zero-order valence-corrected chi connectivity index (χ0v) is 8.96. The van der Waals surface area contributed by atoms with E-state index < -0.39 is 34.4 Å². The molecule has 0 heterocycles. The summed E-state index contributed by atoms with van der Waals surface area (Å²) in [5.41, 5.74) is -1.93. The van der Waals surface area contributed by atoms with E-state index in [9.17, 15) is 26.3 Å². The molecular weight excluding hydrogens is 274 g/mol. The van der Waals surface area contributed by atoms with Crippen LogP contribution >= 0.6 is 11.6 Å². The zero-order chi connectivity index (χ0) is 13.4. The Morgan fingerprint density at radius 2 is 1.59 bits per heavy atom. The summed E-state index contributed by atoms with van der Waals surface area (Å²) in [4.78, 5) is 0. The van der Waals surface area contributed by atoms with Gasteiger partial charge in [-0.05, 0) is 19.1 Å². The van der Waals surface area contributed by atoms with Crippen LogP contribution in [-0.2, 0) is 6.18 Å². The van der Waals surface area contributed by atoms with Gasteiger partial charge < -0.3 is 4.74 Å². The van der Waals surface area contributed by atoms with Gasteiger partial charge >= 0.3 is 12.5 Å². The molecule has 0 aliphatic carbocycles. The normalized spacial score (nSPS) is 12.7. The Balaban J connectivity index is 3.29. The van der Waals surface area contributed by atoms with Gasteiger partial charge in [-0.2, -0.15) is 13.2 Å². The van der Waals surface area contributed by atoms with Gasteiger partial charge in [0.1, 0.15) is 5.75 Å². The molecule has 1 aromatic carbocycles. The lowest BCUT2D eigenvalue weighted by atomic mass is 10.1. The van der Waals surface area contributed by atoms with E-state index in [4.69, 9.17) is 11.6 Å². The predicted molar refractivity (Wildman–Crippen MR) is 47.9 cm³/mol. The Bertz CT molecular complexity index is 423. The van der Waals surface area contributed by atoms with Crippen LogP contribution in [0.25, 0.3) is 0 Å². The van der Waals surface area contributed by atoms with Gasteiger partial charge in [-0.1, -0.05) is 11.6 Å². The van der Waals surface area contributed by atoms with Crippen molar-refractivity contribution in [3.63, 3.8) is 0 Å². The van der Waals surface area contributed by atoms with Crippen LogP contribution in [0.5, 0.6) is 5.75 Å². The van der Waals surface area contributed by atoms with Crippen molar-refractivity contribution in [3.05, 3.63) is 28.3 Å². The summed E-state index contributed by atoms with van der Waals surface area (Å²) in [7, 11) is 0. The molecule has 8 heteroatoms. The number of ether oxygens (including phenoxy) is 1. The third-order valence-corrected chi connectivity index (χ3v) is 2.07. The van der Waals surface area contributed by atoms with Crippen molar-refractivity contribution in [1.29, 1.82) is 0 Å². The Hall–Kier alpha value is -1.11. The van der Waals surface area contributed by atoms with Crippen LogP contribution in [0.1, 0.15) is 11.1 Å². The quantitative estimate of drug-likeness (QED) is 0.684. The highest BCUT2D eigenvalue weighted by molar-refractivity contribution is 6.30. The summed E-state index contributed by atoms with van der Waals surface area (Å²) in [6, 6.07) is 1.22. The van der Waals surface area contributed by atoms with Crippen molar-refractivity contribution < 1.29 is 31.1 Å². The minimum Gasteiger partial charge on any atom is -0.405 e. The van der Waals surface area contributed by atoms with Crippen molar-refractivity contribution in [2.75, 3.05) is 0 Å². The topological polar surface area (TPSA) is 9.23 Å². The number of benzene rings is 1. The largest absolute Gasteiger partial charge is 0.573 e. The van der Waals surface area contributed by atoms with Gasteiger partial charge in [-0.15, -0.1) is 13.2 Å². The minimum absolute atomic E-state index is 0.484. The number of rotatable bonds is 1. The Kier molecular flexibility index (Phi) is 3.52. The van der Waals surface area contributed by atoms with Gasteiger partial charge in [0.2, 0.25) is 0 Å². The molecule has 1 aromatic rings. The third-order valence-electron chi connectivity index (χ3n) is 1.86. The van der Waals surface area contributed by atoms with Crippen LogP contribution in [0.4, 0.5) is 26.3 Å².